The number of thiophene rings is 1. The zero-order valence-corrected chi connectivity index (χ0v) is 13.3. The van der Waals surface area contributed by atoms with Crippen LogP contribution in [0, 0.1) is 0 Å². The summed E-state index contributed by atoms with van der Waals surface area (Å²) in [5.74, 6) is 0.143. The molecule has 0 aliphatic heterocycles. The van der Waals surface area contributed by atoms with Crippen molar-refractivity contribution in [3.8, 4) is 5.75 Å². The predicted molar refractivity (Wildman–Crippen MR) is 82.6 cm³/mol. The van der Waals surface area contributed by atoms with E-state index in [0.717, 1.165) is 4.88 Å². The summed E-state index contributed by atoms with van der Waals surface area (Å²) in [6.45, 7) is 1.79. The maximum atomic E-state index is 11.9. The Balaban J connectivity index is 2.09. The van der Waals surface area contributed by atoms with Gasteiger partial charge in [0.15, 0.2) is 0 Å². The minimum Gasteiger partial charge on any atom is -0.496 e. The van der Waals surface area contributed by atoms with Crippen molar-refractivity contribution in [2.75, 3.05) is 7.11 Å². The molecule has 0 radical (unpaired) electrons. The predicted octanol–water partition coefficient (Wildman–Crippen LogP) is 4.10. The van der Waals surface area contributed by atoms with Crippen molar-refractivity contribution < 1.29 is 14.4 Å². The summed E-state index contributed by atoms with van der Waals surface area (Å²) < 4.78 is 5.79. The normalized spacial score (nSPS) is 11.2. The Labute approximate surface area is 129 Å². The molecule has 104 valence electrons. The molecule has 0 spiro atoms. The zero-order valence-electron chi connectivity index (χ0n) is 10.9. The third-order valence-electron chi connectivity index (χ3n) is 2.53. The van der Waals surface area contributed by atoms with E-state index in [-0.39, 0.29) is 0 Å². The lowest BCUT2D eigenvalue weighted by Gasteiger charge is -2.04. The number of carbonyl (C=O) groups is 1. The summed E-state index contributed by atoms with van der Waals surface area (Å²) in [6.07, 6.45) is 0. The number of hydrogen-bond acceptors (Lipinski definition) is 5. The van der Waals surface area contributed by atoms with E-state index in [9.17, 15) is 4.79 Å². The third kappa shape index (κ3) is 3.46. The van der Waals surface area contributed by atoms with Crippen LogP contribution in [0.4, 0.5) is 0 Å². The number of methoxy groups -OCH3 is 1. The lowest BCUT2D eigenvalue weighted by Crippen LogP contribution is -2.03. The van der Waals surface area contributed by atoms with Crippen molar-refractivity contribution in [1.29, 1.82) is 0 Å². The Hall–Kier alpha value is -1.66. The summed E-state index contributed by atoms with van der Waals surface area (Å²) in [5.41, 5.74) is 1.07. The molecule has 0 saturated heterocycles. The Kier molecular flexibility index (Phi) is 4.92. The van der Waals surface area contributed by atoms with E-state index in [2.05, 4.69) is 21.1 Å². The van der Waals surface area contributed by atoms with Crippen LogP contribution >= 0.6 is 27.3 Å². The number of nitrogens with zero attached hydrogens (tertiary/aromatic N) is 1. The monoisotopic (exact) mass is 353 g/mol. The van der Waals surface area contributed by atoms with E-state index in [1.54, 1.807) is 32.2 Å². The van der Waals surface area contributed by atoms with Gasteiger partial charge in [0.1, 0.15) is 5.75 Å². The van der Waals surface area contributed by atoms with Gasteiger partial charge in [0.05, 0.1) is 27.7 Å². The van der Waals surface area contributed by atoms with Crippen molar-refractivity contribution in [2.24, 2.45) is 5.16 Å². The van der Waals surface area contributed by atoms with Crippen LogP contribution in [0.1, 0.15) is 22.2 Å². The molecule has 0 aliphatic rings. The first kappa shape index (κ1) is 14.7. The number of halogens is 1. The van der Waals surface area contributed by atoms with Gasteiger partial charge in [-0.15, -0.1) is 11.3 Å². The van der Waals surface area contributed by atoms with Gasteiger partial charge in [-0.3, -0.25) is 0 Å². The number of ether oxygens (including phenoxy) is 1. The molecule has 0 unspecified atom stereocenters. The second-order valence-corrected chi connectivity index (χ2v) is 5.68. The van der Waals surface area contributed by atoms with Crippen LogP contribution < -0.4 is 4.74 Å². The van der Waals surface area contributed by atoms with E-state index in [4.69, 9.17) is 9.57 Å². The fourth-order valence-corrected chi connectivity index (χ4v) is 2.69. The summed E-state index contributed by atoms with van der Waals surface area (Å²) in [6, 6.07) is 8.79. The molecular formula is C14H12BrNO3S. The van der Waals surface area contributed by atoms with Gasteiger partial charge in [-0.25, -0.2) is 4.79 Å². The van der Waals surface area contributed by atoms with Gasteiger partial charge in [0.25, 0.3) is 0 Å². The van der Waals surface area contributed by atoms with Gasteiger partial charge in [-0.2, -0.15) is 0 Å². The van der Waals surface area contributed by atoms with Gasteiger partial charge < -0.3 is 9.57 Å². The van der Waals surface area contributed by atoms with E-state index in [1.165, 1.54) is 11.3 Å². The molecule has 0 amide bonds. The fourth-order valence-electron chi connectivity index (χ4n) is 1.49. The average molecular weight is 354 g/mol. The number of rotatable bonds is 4. The van der Waals surface area contributed by atoms with Crippen molar-refractivity contribution in [3.63, 3.8) is 0 Å². The highest BCUT2D eigenvalue weighted by atomic mass is 79.9. The maximum Gasteiger partial charge on any atom is 0.365 e. The molecule has 0 fully saturated rings. The van der Waals surface area contributed by atoms with Crippen LogP contribution in [-0.2, 0) is 4.84 Å². The van der Waals surface area contributed by atoms with E-state index in [0.29, 0.717) is 21.5 Å². The molecule has 0 N–H and O–H groups in total. The van der Waals surface area contributed by atoms with E-state index < -0.39 is 5.97 Å². The molecular weight excluding hydrogens is 342 g/mol. The Morgan fingerprint density at radius 1 is 1.35 bits per heavy atom. The molecule has 0 atom stereocenters. The molecule has 0 aliphatic carbocycles. The number of oxime groups is 1. The molecule has 1 aromatic carbocycles. The average Bonchev–Trinajstić information content (AvgIpc) is 2.98. The summed E-state index contributed by atoms with van der Waals surface area (Å²) in [4.78, 5) is 17.8. The molecule has 2 rings (SSSR count). The molecule has 4 nitrogen and oxygen atoms in total. The van der Waals surface area contributed by atoms with Crippen LogP contribution in [0.2, 0.25) is 0 Å². The van der Waals surface area contributed by atoms with Gasteiger partial charge >= 0.3 is 5.97 Å². The highest BCUT2D eigenvalue weighted by molar-refractivity contribution is 9.10. The molecule has 1 aromatic heterocycles. The van der Waals surface area contributed by atoms with Crippen LogP contribution in [0.15, 0.2) is 45.3 Å². The Morgan fingerprint density at radius 3 is 2.75 bits per heavy atom. The van der Waals surface area contributed by atoms with Crippen molar-refractivity contribution >= 4 is 38.9 Å². The SMILES string of the molecule is COc1ccc(C(=O)O/N=C(\C)c2cccs2)cc1Br. The first-order valence-electron chi connectivity index (χ1n) is 5.75. The van der Waals surface area contributed by atoms with E-state index in [1.807, 2.05) is 17.5 Å². The minimum absolute atomic E-state index is 0.403. The smallest absolute Gasteiger partial charge is 0.365 e. The first-order chi connectivity index (χ1) is 9.61. The lowest BCUT2D eigenvalue weighted by molar-refractivity contribution is 0.0516. The molecule has 1 heterocycles. The van der Waals surface area contributed by atoms with Crippen LogP contribution in [0.5, 0.6) is 5.75 Å². The molecule has 2 aromatic rings. The van der Waals surface area contributed by atoms with Crippen molar-refractivity contribution in [3.05, 3.63) is 50.6 Å². The van der Waals surface area contributed by atoms with Gasteiger partial charge in [-0.1, -0.05) is 11.2 Å². The van der Waals surface area contributed by atoms with Gasteiger partial charge in [0, 0.05) is 0 Å². The summed E-state index contributed by atoms with van der Waals surface area (Å²) >= 11 is 4.86. The zero-order chi connectivity index (χ0) is 14.5. The highest BCUT2D eigenvalue weighted by Crippen LogP contribution is 2.25. The highest BCUT2D eigenvalue weighted by Gasteiger charge is 2.11. The van der Waals surface area contributed by atoms with Crippen LogP contribution in [0.25, 0.3) is 0 Å². The molecule has 20 heavy (non-hydrogen) atoms. The summed E-state index contributed by atoms with van der Waals surface area (Å²) in [5, 5.41) is 5.79. The largest absolute Gasteiger partial charge is 0.496 e. The third-order valence-corrected chi connectivity index (χ3v) is 4.13. The first-order valence-corrected chi connectivity index (χ1v) is 7.42. The maximum absolute atomic E-state index is 11.9. The van der Waals surface area contributed by atoms with Gasteiger partial charge in [0.2, 0.25) is 0 Å². The summed E-state index contributed by atoms with van der Waals surface area (Å²) in [7, 11) is 1.56. The van der Waals surface area contributed by atoms with E-state index >= 15 is 0 Å². The lowest BCUT2D eigenvalue weighted by atomic mass is 10.2. The second-order valence-electron chi connectivity index (χ2n) is 3.88. The Morgan fingerprint density at radius 2 is 2.15 bits per heavy atom. The second kappa shape index (κ2) is 6.67. The molecule has 0 saturated carbocycles. The fraction of sp³-hybridized carbons (Fsp3) is 0.143. The number of hydrogen-bond donors (Lipinski definition) is 0. The van der Waals surface area contributed by atoms with Gasteiger partial charge in [-0.05, 0) is 52.5 Å². The number of benzene rings is 1. The Bertz CT molecular complexity index is 638. The van der Waals surface area contributed by atoms with Crippen molar-refractivity contribution in [2.45, 2.75) is 6.92 Å². The number of carbonyl (C=O) groups excluding carboxylic acids is 1. The standard InChI is InChI=1S/C14H12BrNO3S/c1-9(13-4-3-7-20-13)16-19-14(17)10-5-6-12(18-2)11(15)8-10/h3-8H,1-2H3/b16-9+. The molecule has 0 bridgehead atoms. The minimum atomic E-state index is -0.510. The van der Waals surface area contributed by atoms with Crippen LogP contribution in [0.3, 0.4) is 0 Å². The molecule has 6 heteroatoms. The van der Waals surface area contributed by atoms with Crippen molar-refractivity contribution in [1.82, 2.24) is 0 Å². The quantitative estimate of drug-likeness (QED) is 0.472. The topological polar surface area (TPSA) is 47.9 Å². The van der Waals surface area contributed by atoms with Crippen LogP contribution in [-0.4, -0.2) is 18.8 Å².